The van der Waals surface area contributed by atoms with Crippen LogP contribution in [0.4, 0.5) is 0 Å². The van der Waals surface area contributed by atoms with Crippen LogP contribution >= 0.6 is 11.6 Å². The minimum atomic E-state index is -0.693. The van der Waals surface area contributed by atoms with Gasteiger partial charge in [0, 0.05) is 5.02 Å². The molecule has 0 heterocycles. The Morgan fingerprint density at radius 2 is 1.86 bits per heavy atom. The molecule has 0 N–H and O–H groups in total. The molecule has 76 valence electrons. The molecule has 14 heavy (non-hydrogen) atoms. The topological polar surface area (TPSA) is 9.23 Å². The first kappa shape index (κ1) is 11.3. The van der Waals surface area contributed by atoms with Crippen LogP contribution in [0.5, 0.6) is 5.75 Å². The maximum Gasteiger partial charge on any atom is 0.126 e. The van der Waals surface area contributed by atoms with Gasteiger partial charge in [-0.1, -0.05) is 30.4 Å². The van der Waals surface area contributed by atoms with E-state index >= 15 is 0 Å². The lowest BCUT2D eigenvalue weighted by molar-refractivity contribution is 0.429. The molecule has 1 rings (SSSR count). The van der Waals surface area contributed by atoms with Gasteiger partial charge in [-0.3, -0.25) is 0 Å². The first-order valence-electron chi connectivity index (χ1n) is 4.70. The summed E-state index contributed by atoms with van der Waals surface area (Å²) in [5.74, 6) is 1.83. The Morgan fingerprint density at radius 3 is 2.36 bits per heavy atom. The average Bonchev–Trinajstić information content (AvgIpc) is 2.07. The summed E-state index contributed by atoms with van der Waals surface area (Å²) in [7, 11) is -0.693. The molecule has 0 aromatic heterocycles. The van der Waals surface area contributed by atoms with Crippen LogP contribution in [-0.2, 0) is 0 Å². The van der Waals surface area contributed by atoms with E-state index in [1.807, 2.05) is 31.2 Å². The summed E-state index contributed by atoms with van der Waals surface area (Å²) >= 11 is 5.77. The predicted octanol–water partition coefficient (Wildman–Crippen LogP) is 3.65. The summed E-state index contributed by atoms with van der Waals surface area (Å²) in [5, 5.41) is 0.734. The van der Waals surface area contributed by atoms with Gasteiger partial charge in [0.05, 0.1) is 14.6 Å². The number of halogens is 1. The number of hydrogen-bond acceptors (Lipinski definition) is 1. The highest BCUT2D eigenvalue weighted by atomic mass is 35.5. The third kappa shape index (κ3) is 3.98. The van der Waals surface area contributed by atoms with Gasteiger partial charge < -0.3 is 4.74 Å². The van der Waals surface area contributed by atoms with E-state index in [4.69, 9.17) is 16.3 Å². The molecule has 0 spiro atoms. The second-order valence-electron chi connectivity index (χ2n) is 3.58. The van der Waals surface area contributed by atoms with Gasteiger partial charge >= 0.3 is 0 Å². The second-order valence-corrected chi connectivity index (χ2v) is 6.84. The minimum Gasteiger partial charge on any atom is -0.463 e. The minimum absolute atomic E-state index is 0.693. The highest BCUT2D eigenvalue weighted by Crippen LogP contribution is 2.17. The van der Waals surface area contributed by atoms with Crippen LogP contribution in [0.3, 0.4) is 0 Å². The van der Waals surface area contributed by atoms with Crippen molar-refractivity contribution in [1.82, 2.24) is 0 Å². The molecule has 0 radical (unpaired) electrons. The number of rotatable bonds is 3. The van der Waals surface area contributed by atoms with Crippen molar-refractivity contribution in [3.63, 3.8) is 0 Å². The summed E-state index contributed by atoms with van der Waals surface area (Å²) in [4.78, 5) is 0. The number of hydrogen-bond donors (Lipinski definition) is 0. The zero-order valence-electron chi connectivity index (χ0n) is 8.75. The van der Waals surface area contributed by atoms with Crippen molar-refractivity contribution in [2.24, 2.45) is 0 Å². The lowest BCUT2D eigenvalue weighted by atomic mass is 10.3. The number of benzene rings is 1. The van der Waals surface area contributed by atoms with E-state index in [1.165, 1.54) is 0 Å². The first-order chi connectivity index (χ1) is 6.58. The summed E-state index contributed by atoms with van der Waals surface area (Å²) in [6.07, 6.45) is 0. The Kier molecular flexibility index (Phi) is 4.23. The molecule has 3 heteroatoms. The molecule has 0 amide bonds. The third-order valence-electron chi connectivity index (χ3n) is 1.66. The van der Waals surface area contributed by atoms with E-state index < -0.39 is 8.80 Å². The van der Waals surface area contributed by atoms with E-state index in [2.05, 4.69) is 18.8 Å². The fraction of sp³-hybridized carbons (Fsp3) is 0.273. The molecule has 1 aromatic carbocycles. The summed E-state index contributed by atoms with van der Waals surface area (Å²) in [5.41, 5.74) is 2.22. The zero-order valence-corrected chi connectivity index (χ0v) is 10.7. The molecule has 1 aromatic rings. The van der Waals surface area contributed by atoms with Gasteiger partial charge in [-0.15, -0.1) is 0 Å². The van der Waals surface area contributed by atoms with E-state index in [0.717, 1.165) is 16.5 Å². The molecular formula is C11H15ClOSi. The molecular weight excluding hydrogens is 212 g/mol. The van der Waals surface area contributed by atoms with E-state index in [-0.39, 0.29) is 0 Å². The Labute approximate surface area is 92.0 Å². The van der Waals surface area contributed by atoms with Crippen LogP contribution < -0.4 is 4.74 Å². The Morgan fingerprint density at radius 1 is 1.29 bits per heavy atom. The molecule has 0 bridgehead atoms. The van der Waals surface area contributed by atoms with Crippen LogP contribution in [-0.4, -0.2) is 8.80 Å². The summed E-state index contributed by atoms with van der Waals surface area (Å²) in [6, 6.07) is 7.41. The SMILES string of the molecule is CC(=C[SiH](C)C)Oc1ccc(Cl)cc1. The fourth-order valence-corrected chi connectivity index (χ4v) is 2.32. The van der Waals surface area contributed by atoms with Crippen LogP contribution in [0.25, 0.3) is 0 Å². The lowest BCUT2D eigenvalue weighted by Gasteiger charge is -2.06. The van der Waals surface area contributed by atoms with Gasteiger partial charge in [-0.2, -0.15) is 0 Å². The highest BCUT2D eigenvalue weighted by Gasteiger charge is 1.97. The average molecular weight is 227 g/mol. The maximum absolute atomic E-state index is 5.77. The Bertz CT molecular complexity index is 317. The summed E-state index contributed by atoms with van der Waals surface area (Å²) < 4.78 is 5.62. The van der Waals surface area contributed by atoms with E-state index in [1.54, 1.807) is 0 Å². The first-order valence-corrected chi connectivity index (χ1v) is 8.05. The predicted molar refractivity (Wildman–Crippen MR) is 64.7 cm³/mol. The molecule has 0 saturated carbocycles. The molecule has 0 aliphatic heterocycles. The van der Waals surface area contributed by atoms with Gasteiger partial charge in [0.15, 0.2) is 0 Å². The van der Waals surface area contributed by atoms with Crippen molar-refractivity contribution < 1.29 is 4.74 Å². The highest BCUT2D eigenvalue weighted by molar-refractivity contribution is 6.61. The molecule has 0 fully saturated rings. The molecule has 0 unspecified atom stereocenters. The van der Waals surface area contributed by atoms with Crippen molar-refractivity contribution in [3.05, 3.63) is 40.7 Å². The summed E-state index contributed by atoms with van der Waals surface area (Å²) in [6.45, 7) is 6.51. The molecule has 0 aliphatic rings. The van der Waals surface area contributed by atoms with E-state index in [0.29, 0.717) is 0 Å². The smallest absolute Gasteiger partial charge is 0.126 e. The van der Waals surface area contributed by atoms with Crippen LogP contribution in [0.2, 0.25) is 18.1 Å². The van der Waals surface area contributed by atoms with Crippen molar-refractivity contribution in [3.8, 4) is 5.75 Å². The van der Waals surface area contributed by atoms with E-state index in [9.17, 15) is 0 Å². The zero-order chi connectivity index (χ0) is 10.6. The van der Waals surface area contributed by atoms with Gasteiger partial charge in [-0.05, 0) is 31.2 Å². The van der Waals surface area contributed by atoms with Crippen molar-refractivity contribution in [1.29, 1.82) is 0 Å². The maximum atomic E-state index is 5.77. The molecule has 0 aliphatic carbocycles. The normalized spacial score (nSPS) is 11.9. The molecule has 1 nitrogen and oxygen atoms in total. The Hall–Kier alpha value is -0.733. The lowest BCUT2D eigenvalue weighted by Crippen LogP contribution is -1.99. The quantitative estimate of drug-likeness (QED) is 0.565. The van der Waals surface area contributed by atoms with Crippen LogP contribution in [0.15, 0.2) is 35.7 Å². The van der Waals surface area contributed by atoms with Crippen LogP contribution in [0.1, 0.15) is 6.92 Å². The van der Waals surface area contributed by atoms with Crippen molar-refractivity contribution in [2.45, 2.75) is 20.0 Å². The second kappa shape index (κ2) is 5.22. The van der Waals surface area contributed by atoms with Crippen molar-refractivity contribution in [2.75, 3.05) is 0 Å². The number of ether oxygens (including phenoxy) is 1. The molecule has 0 saturated heterocycles. The fourth-order valence-electron chi connectivity index (χ4n) is 1.19. The van der Waals surface area contributed by atoms with Gasteiger partial charge in [-0.25, -0.2) is 0 Å². The van der Waals surface area contributed by atoms with Gasteiger partial charge in [0.1, 0.15) is 5.75 Å². The van der Waals surface area contributed by atoms with Gasteiger partial charge in [0.2, 0.25) is 0 Å². The van der Waals surface area contributed by atoms with Crippen LogP contribution in [0, 0.1) is 0 Å². The number of allylic oxidation sites excluding steroid dienone is 1. The monoisotopic (exact) mass is 226 g/mol. The Balaban J connectivity index is 2.65. The van der Waals surface area contributed by atoms with Gasteiger partial charge in [0.25, 0.3) is 0 Å². The largest absolute Gasteiger partial charge is 0.463 e. The van der Waals surface area contributed by atoms with Crippen molar-refractivity contribution >= 4 is 20.4 Å². The third-order valence-corrected chi connectivity index (χ3v) is 3.05. The molecule has 0 atom stereocenters. The standard InChI is InChI=1S/C11H15ClOSi/c1-9(8-14(2)3)13-11-6-4-10(12)5-7-11/h4-8,14H,1-3H3.